The number of ether oxygens (including phenoxy) is 1. The van der Waals surface area contributed by atoms with Gasteiger partial charge in [-0.2, -0.15) is 0 Å². The molecule has 0 aromatic heterocycles. The van der Waals surface area contributed by atoms with E-state index >= 15 is 0 Å². The van der Waals surface area contributed by atoms with E-state index in [-0.39, 0.29) is 17.9 Å². The van der Waals surface area contributed by atoms with Gasteiger partial charge in [0.05, 0.1) is 18.3 Å². The highest BCUT2D eigenvalue weighted by Gasteiger charge is 2.32. The summed E-state index contributed by atoms with van der Waals surface area (Å²) in [6.07, 6.45) is 0. The third kappa shape index (κ3) is 3.41. The number of nitrogens with one attached hydrogen (secondary N) is 1. The number of fused-ring (bicyclic) bond motifs is 2. The number of hydrogen-bond acceptors (Lipinski definition) is 4. The van der Waals surface area contributed by atoms with Crippen LogP contribution < -0.4 is 10.1 Å². The van der Waals surface area contributed by atoms with Crippen molar-refractivity contribution in [3.8, 4) is 5.75 Å². The molecule has 0 bridgehead atoms. The molecular weight excluding hydrogens is 330 g/mol. The molecule has 0 saturated carbocycles. The fourth-order valence-corrected chi connectivity index (χ4v) is 3.46. The third-order valence-electron chi connectivity index (χ3n) is 4.85. The van der Waals surface area contributed by atoms with E-state index in [0.717, 1.165) is 0 Å². The highest BCUT2D eigenvalue weighted by Crippen LogP contribution is 2.26. The molecule has 0 radical (unpaired) electrons. The lowest BCUT2D eigenvalue weighted by Crippen LogP contribution is -2.57. The lowest BCUT2D eigenvalue weighted by atomic mass is 10.1. The van der Waals surface area contributed by atoms with Gasteiger partial charge in [0.25, 0.3) is 5.91 Å². The molecule has 4 rings (SSSR count). The topological polar surface area (TPSA) is 61.9 Å². The Morgan fingerprint density at radius 1 is 1.04 bits per heavy atom. The summed E-state index contributed by atoms with van der Waals surface area (Å²) >= 11 is 0. The molecule has 6 nitrogen and oxygen atoms in total. The highest BCUT2D eigenvalue weighted by molar-refractivity contribution is 5.95. The molecule has 26 heavy (non-hydrogen) atoms. The van der Waals surface area contributed by atoms with Gasteiger partial charge in [0, 0.05) is 25.2 Å². The van der Waals surface area contributed by atoms with Crippen molar-refractivity contribution in [2.45, 2.75) is 6.04 Å². The molecule has 2 heterocycles. The minimum absolute atomic E-state index is 0.0201. The van der Waals surface area contributed by atoms with Gasteiger partial charge in [0.1, 0.15) is 12.4 Å². The average molecular weight is 351 g/mol. The van der Waals surface area contributed by atoms with Crippen LogP contribution in [0.1, 0.15) is 10.4 Å². The normalized spacial score (nSPS) is 20.5. The number of benzene rings is 2. The van der Waals surface area contributed by atoms with Crippen molar-refractivity contribution in [3.05, 3.63) is 60.2 Å². The number of anilines is 1. The maximum absolute atomic E-state index is 12.7. The van der Waals surface area contributed by atoms with Crippen LogP contribution in [0.2, 0.25) is 0 Å². The van der Waals surface area contributed by atoms with Crippen molar-refractivity contribution in [1.82, 2.24) is 9.80 Å². The number of carbonyl (C=O) groups is 2. The molecule has 1 N–H and O–H groups in total. The quantitative estimate of drug-likeness (QED) is 0.852. The minimum atomic E-state index is -0.0595. The molecule has 2 amide bonds. The first-order valence-corrected chi connectivity index (χ1v) is 8.81. The van der Waals surface area contributed by atoms with E-state index in [2.05, 4.69) is 10.2 Å². The van der Waals surface area contributed by atoms with Crippen LogP contribution >= 0.6 is 0 Å². The summed E-state index contributed by atoms with van der Waals surface area (Å²) in [7, 11) is 0. The van der Waals surface area contributed by atoms with Crippen LogP contribution in [0.3, 0.4) is 0 Å². The first-order chi connectivity index (χ1) is 12.7. The Morgan fingerprint density at radius 2 is 1.81 bits per heavy atom. The zero-order chi connectivity index (χ0) is 17.9. The lowest BCUT2D eigenvalue weighted by molar-refractivity contribution is -0.118. The second-order valence-electron chi connectivity index (χ2n) is 6.60. The third-order valence-corrected chi connectivity index (χ3v) is 4.85. The zero-order valence-corrected chi connectivity index (χ0v) is 14.4. The van der Waals surface area contributed by atoms with Gasteiger partial charge in [-0.3, -0.25) is 14.5 Å². The first-order valence-electron chi connectivity index (χ1n) is 8.81. The molecule has 2 aromatic carbocycles. The van der Waals surface area contributed by atoms with Gasteiger partial charge in [-0.1, -0.05) is 30.3 Å². The van der Waals surface area contributed by atoms with E-state index in [0.29, 0.717) is 49.8 Å². The Bertz CT molecular complexity index is 809. The number of carbonyl (C=O) groups excluding carboxylic acids is 2. The zero-order valence-electron chi connectivity index (χ0n) is 14.4. The number of amides is 2. The number of hydrogen-bond donors (Lipinski definition) is 1. The largest absolute Gasteiger partial charge is 0.490 e. The van der Waals surface area contributed by atoms with Crippen LogP contribution in [0.5, 0.6) is 5.75 Å². The van der Waals surface area contributed by atoms with E-state index in [4.69, 9.17) is 4.74 Å². The van der Waals surface area contributed by atoms with E-state index in [1.807, 2.05) is 59.5 Å². The molecule has 0 unspecified atom stereocenters. The van der Waals surface area contributed by atoms with Crippen LogP contribution in [0.15, 0.2) is 54.6 Å². The fourth-order valence-electron chi connectivity index (χ4n) is 3.46. The maximum atomic E-state index is 12.7. The van der Waals surface area contributed by atoms with Crippen molar-refractivity contribution < 1.29 is 14.3 Å². The van der Waals surface area contributed by atoms with Gasteiger partial charge in [-0.05, 0) is 24.3 Å². The smallest absolute Gasteiger partial charge is 0.253 e. The molecule has 0 aliphatic carbocycles. The van der Waals surface area contributed by atoms with Crippen LogP contribution in [-0.4, -0.2) is 60.4 Å². The molecule has 6 heteroatoms. The minimum Gasteiger partial charge on any atom is -0.490 e. The molecule has 2 aliphatic heterocycles. The second kappa shape index (κ2) is 7.17. The van der Waals surface area contributed by atoms with E-state index in [1.165, 1.54) is 0 Å². The molecule has 1 atom stereocenters. The molecule has 1 saturated heterocycles. The fraction of sp³-hybridized carbons (Fsp3) is 0.300. The van der Waals surface area contributed by atoms with Crippen LogP contribution in [0.4, 0.5) is 5.69 Å². The molecule has 1 fully saturated rings. The second-order valence-corrected chi connectivity index (χ2v) is 6.60. The Morgan fingerprint density at radius 3 is 2.65 bits per heavy atom. The monoisotopic (exact) mass is 351 g/mol. The number of nitrogens with zero attached hydrogens (tertiary/aromatic N) is 2. The molecule has 2 aromatic rings. The summed E-state index contributed by atoms with van der Waals surface area (Å²) in [5.74, 6) is 0.625. The number of rotatable bonds is 1. The summed E-state index contributed by atoms with van der Waals surface area (Å²) < 4.78 is 5.97. The van der Waals surface area contributed by atoms with Crippen molar-refractivity contribution in [2.24, 2.45) is 0 Å². The molecular formula is C20H21N3O3. The van der Waals surface area contributed by atoms with Gasteiger partial charge in [0.2, 0.25) is 5.91 Å². The summed E-state index contributed by atoms with van der Waals surface area (Å²) in [5, 5.41) is 2.91. The van der Waals surface area contributed by atoms with Crippen molar-refractivity contribution in [1.29, 1.82) is 0 Å². The van der Waals surface area contributed by atoms with Gasteiger partial charge in [0.15, 0.2) is 0 Å². The van der Waals surface area contributed by atoms with Crippen LogP contribution in [0.25, 0.3) is 0 Å². The lowest BCUT2D eigenvalue weighted by Gasteiger charge is -2.40. The van der Waals surface area contributed by atoms with E-state index in [1.54, 1.807) is 0 Å². The highest BCUT2D eigenvalue weighted by atomic mass is 16.5. The molecule has 0 spiro atoms. The molecule has 134 valence electrons. The predicted octanol–water partition coefficient (Wildman–Crippen LogP) is 1.84. The van der Waals surface area contributed by atoms with Crippen molar-refractivity contribution in [3.63, 3.8) is 0 Å². The Hall–Kier alpha value is -2.86. The predicted molar refractivity (Wildman–Crippen MR) is 98.3 cm³/mol. The first kappa shape index (κ1) is 16.6. The van der Waals surface area contributed by atoms with Crippen LogP contribution in [-0.2, 0) is 4.79 Å². The Labute approximate surface area is 152 Å². The number of piperazine rings is 1. The van der Waals surface area contributed by atoms with Gasteiger partial charge in [-0.15, -0.1) is 0 Å². The van der Waals surface area contributed by atoms with E-state index in [9.17, 15) is 9.59 Å². The van der Waals surface area contributed by atoms with Gasteiger partial charge in [-0.25, -0.2) is 0 Å². The van der Waals surface area contributed by atoms with E-state index < -0.39 is 0 Å². The SMILES string of the molecule is O=C1CN2CCN(C(=O)c3ccccc3)C[C@@H]2COc2ccccc2N1. The summed E-state index contributed by atoms with van der Waals surface area (Å²) in [6.45, 7) is 2.53. The Kier molecular flexibility index (Phi) is 4.58. The van der Waals surface area contributed by atoms with Gasteiger partial charge >= 0.3 is 0 Å². The van der Waals surface area contributed by atoms with Crippen LogP contribution in [0, 0.1) is 0 Å². The average Bonchev–Trinajstić information content (AvgIpc) is 2.74. The maximum Gasteiger partial charge on any atom is 0.253 e. The molecule has 2 aliphatic rings. The van der Waals surface area contributed by atoms with Gasteiger partial charge < -0.3 is 15.0 Å². The summed E-state index contributed by atoms with van der Waals surface area (Å²) in [5.41, 5.74) is 1.38. The standard InChI is InChI=1S/C20H21N3O3/c24-19-13-22-10-11-23(20(25)15-6-2-1-3-7-15)12-16(22)14-26-18-9-5-4-8-17(18)21-19/h1-9,16H,10-14H2,(H,21,24)/t16-/m1/s1. The summed E-state index contributed by atoms with van der Waals surface area (Å²) in [4.78, 5) is 29.0. The summed E-state index contributed by atoms with van der Waals surface area (Å²) in [6, 6.07) is 16.7. The Balaban J connectivity index is 1.52. The van der Waals surface area contributed by atoms with Crippen molar-refractivity contribution >= 4 is 17.5 Å². The number of para-hydroxylation sites is 2. The van der Waals surface area contributed by atoms with Crippen molar-refractivity contribution in [2.75, 3.05) is 38.1 Å².